The standard InChI is InChI=1S/C14H15NO2S/c1-2-15(12-6-4-3-5-7-12)13(14(16)17)11-8-9-18-10-11/h3-10,13H,2H2,1H3,(H,16,17). The van der Waals surface area contributed by atoms with Crippen LogP contribution in [0.2, 0.25) is 0 Å². The van der Waals surface area contributed by atoms with Crippen molar-refractivity contribution < 1.29 is 9.90 Å². The Hall–Kier alpha value is -1.81. The molecule has 2 aromatic rings. The first kappa shape index (κ1) is 12.6. The van der Waals surface area contributed by atoms with E-state index in [2.05, 4.69) is 0 Å². The Morgan fingerprint density at radius 3 is 2.56 bits per heavy atom. The van der Waals surface area contributed by atoms with Gasteiger partial charge >= 0.3 is 5.97 Å². The van der Waals surface area contributed by atoms with Crippen LogP contribution in [0.4, 0.5) is 5.69 Å². The van der Waals surface area contributed by atoms with Crippen LogP contribution in [-0.2, 0) is 4.79 Å². The highest BCUT2D eigenvalue weighted by Crippen LogP contribution is 2.28. The first-order valence-corrected chi connectivity index (χ1v) is 6.75. The lowest BCUT2D eigenvalue weighted by Crippen LogP contribution is -2.33. The number of rotatable bonds is 5. The molecule has 1 atom stereocenters. The molecule has 0 spiro atoms. The molecule has 94 valence electrons. The van der Waals surface area contributed by atoms with Gasteiger partial charge in [0.15, 0.2) is 6.04 Å². The van der Waals surface area contributed by atoms with Crippen LogP contribution in [0.25, 0.3) is 0 Å². The zero-order chi connectivity index (χ0) is 13.0. The van der Waals surface area contributed by atoms with E-state index >= 15 is 0 Å². The van der Waals surface area contributed by atoms with E-state index in [0.29, 0.717) is 6.54 Å². The molecule has 0 bridgehead atoms. The molecule has 0 amide bonds. The maximum absolute atomic E-state index is 11.5. The molecule has 1 aromatic carbocycles. The Morgan fingerprint density at radius 1 is 1.33 bits per heavy atom. The van der Waals surface area contributed by atoms with Gasteiger partial charge in [-0.2, -0.15) is 11.3 Å². The Kier molecular flexibility index (Phi) is 3.99. The second-order valence-electron chi connectivity index (χ2n) is 3.92. The Bertz CT molecular complexity index is 496. The molecular formula is C14H15NO2S. The van der Waals surface area contributed by atoms with Crippen molar-refractivity contribution >= 4 is 23.0 Å². The molecule has 0 aliphatic rings. The minimum absolute atomic E-state index is 0.622. The zero-order valence-corrected chi connectivity index (χ0v) is 10.9. The number of anilines is 1. The molecule has 1 N–H and O–H groups in total. The Morgan fingerprint density at radius 2 is 2.06 bits per heavy atom. The molecule has 18 heavy (non-hydrogen) atoms. The molecule has 1 aromatic heterocycles. The van der Waals surface area contributed by atoms with Crippen LogP contribution in [0.15, 0.2) is 47.2 Å². The fourth-order valence-electron chi connectivity index (χ4n) is 2.02. The van der Waals surface area contributed by atoms with E-state index in [-0.39, 0.29) is 0 Å². The average molecular weight is 261 g/mol. The number of thiophene rings is 1. The fraction of sp³-hybridized carbons (Fsp3) is 0.214. The SMILES string of the molecule is CCN(c1ccccc1)C(C(=O)O)c1ccsc1. The molecule has 1 unspecified atom stereocenters. The van der Waals surface area contributed by atoms with E-state index < -0.39 is 12.0 Å². The third kappa shape index (κ3) is 2.54. The predicted octanol–water partition coefficient (Wildman–Crippen LogP) is 3.40. The molecule has 0 radical (unpaired) electrons. The first-order valence-electron chi connectivity index (χ1n) is 5.80. The van der Waals surface area contributed by atoms with E-state index in [1.54, 1.807) is 0 Å². The molecule has 2 rings (SSSR count). The van der Waals surface area contributed by atoms with Crippen molar-refractivity contribution in [1.29, 1.82) is 0 Å². The normalized spacial score (nSPS) is 12.1. The topological polar surface area (TPSA) is 40.5 Å². The molecule has 1 heterocycles. The number of carbonyl (C=O) groups is 1. The van der Waals surface area contributed by atoms with E-state index in [0.717, 1.165) is 11.3 Å². The summed E-state index contributed by atoms with van der Waals surface area (Å²) in [5.41, 5.74) is 1.76. The highest BCUT2D eigenvalue weighted by atomic mass is 32.1. The summed E-state index contributed by atoms with van der Waals surface area (Å²) in [6.07, 6.45) is 0. The van der Waals surface area contributed by atoms with Gasteiger partial charge in [-0.25, -0.2) is 4.79 Å². The number of hydrogen-bond acceptors (Lipinski definition) is 3. The number of nitrogens with zero attached hydrogens (tertiary/aromatic N) is 1. The van der Waals surface area contributed by atoms with Crippen LogP contribution in [0.5, 0.6) is 0 Å². The smallest absolute Gasteiger partial charge is 0.331 e. The maximum atomic E-state index is 11.5. The van der Waals surface area contributed by atoms with Gasteiger partial charge in [-0.3, -0.25) is 0 Å². The van der Waals surface area contributed by atoms with Crippen molar-refractivity contribution in [2.24, 2.45) is 0 Å². The number of aliphatic carboxylic acids is 1. The highest BCUT2D eigenvalue weighted by Gasteiger charge is 2.26. The molecular weight excluding hydrogens is 246 g/mol. The molecule has 0 saturated carbocycles. The lowest BCUT2D eigenvalue weighted by molar-refractivity contribution is -0.138. The fourth-order valence-corrected chi connectivity index (χ4v) is 2.70. The van der Waals surface area contributed by atoms with Crippen LogP contribution >= 0.6 is 11.3 Å². The van der Waals surface area contributed by atoms with E-state index in [1.807, 2.05) is 59.0 Å². The molecule has 0 aliphatic heterocycles. The minimum Gasteiger partial charge on any atom is -0.479 e. The van der Waals surface area contributed by atoms with Crippen LogP contribution in [0, 0.1) is 0 Å². The van der Waals surface area contributed by atoms with Crippen LogP contribution in [0.1, 0.15) is 18.5 Å². The van der Waals surface area contributed by atoms with Crippen molar-refractivity contribution in [3.8, 4) is 0 Å². The van der Waals surface area contributed by atoms with Crippen molar-refractivity contribution in [2.45, 2.75) is 13.0 Å². The Labute approximate surface area is 110 Å². The lowest BCUT2D eigenvalue weighted by atomic mass is 10.1. The summed E-state index contributed by atoms with van der Waals surface area (Å²) in [5.74, 6) is -0.820. The van der Waals surface area contributed by atoms with Crippen molar-refractivity contribution in [2.75, 3.05) is 11.4 Å². The summed E-state index contributed by atoms with van der Waals surface area (Å²) in [5, 5.41) is 13.3. The molecule has 0 fully saturated rings. The summed E-state index contributed by atoms with van der Waals surface area (Å²) in [7, 11) is 0. The van der Waals surface area contributed by atoms with Gasteiger partial charge in [0.2, 0.25) is 0 Å². The number of para-hydroxylation sites is 1. The van der Waals surface area contributed by atoms with E-state index in [1.165, 1.54) is 11.3 Å². The monoisotopic (exact) mass is 261 g/mol. The summed E-state index contributed by atoms with van der Waals surface area (Å²) in [6, 6.07) is 10.9. The predicted molar refractivity (Wildman–Crippen MR) is 74.2 cm³/mol. The van der Waals surface area contributed by atoms with Gasteiger partial charge in [-0.1, -0.05) is 18.2 Å². The first-order chi connectivity index (χ1) is 8.74. The lowest BCUT2D eigenvalue weighted by Gasteiger charge is -2.29. The third-order valence-electron chi connectivity index (χ3n) is 2.83. The Balaban J connectivity index is 2.38. The number of likely N-dealkylation sites (N-methyl/N-ethyl adjacent to an activating group) is 1. The average Bonchev–Trinajstić information content (AvgIpc) is 2.89. The van der Waals surface area contributed by atoms with Gasteiger partial charge in [0.1, 0.15) is 0 Å². The zero-order valence-electron chi connectivity index (χ0n) is 10.1. The van der Waals surface area contributed by atoms with Gasteiger partial charge in [0.05, 0.1) is 0 Å². The quantitative estimate of drug-likeness (QED) is 0.896. The maximum Gasteiger partial charge on any atom is 0.331 e. The number of benzene rings is 1. The number of carboxylic acids is 1. The molecule has 4 heteroatoms. The second-order valence-corrected chi connectivity index (χ2v) is 4.70. The van der Waals surface area contributed by atoms with E-state index in [4.69, 9.17) is 0 Å². The summed E-state index contributed by atoms with van der Waals surface area (Å²) < 4.78 is 0. The van der Waals surface area contributed by atoms with Crippen molar-refractivity contribution in [3.05, 3.63) is 52.7 Å². The molecule has 0 aliphatic carbocycles. The second kappa shape index (κ2) is 5.69. The summed E-state index contributed by atoms with van der Waals surface area (Å²) >= 11 is 1.52. The van der Waals surface area contributed by atoms with Gasteiger partial charge in [-0.15, -0.1) is 0 Å². The van der Waals surface area contributed by atoms with Crippen LogP contribution in [-0.4, -0.2) is 17.6 Å². The van der Waals surface area contributed by atoms with Gasteiger partial charge in [0, 0.05) is 12.2 Å². The molecule has 0 saturated heterocycles. The van der Waals surface area contributed by atoms with Crippen LogP contribution in [0.3, 0.4) is 0 Å². The van der Waals surface area contributed by atoms with Gasteiger partial charge in [-0.05, 0) is 41.4 Å². The van der Waals surface area contributed by atoms with Gasteiger partial charge < -0.3 is 10.0 Å². The van der Waals surface area contributed by atoms with Gasteiger partial charge in [0.25, 0.3) is 0 Å². The summed E-state index contributed by atoms with van der Waals surface area (Å²) in [6.45, 7) is 2.62. The highest BCUT2D eigenvalue weighted by molar-refractivity contribution is 7.08. The van der Waals surface area contributed by atoms with Crippen molar-refractivity contribution in [1.82, 2.24) is 0 Å². The summed E-state index contributed by atoms with van der Waals surface area (Å²) in [4.78, 5) is 13.4. The van der Waals surface area contributed by atoms with E-state index in [9.17, 15) is 9.90 Å². The van der Waals surface area contributed by atoms with Crippen LogP contribution < -0.4 is 4.90 Å². The number of hydrogen-bond donors (Lipinski definition) is 1. The van der Waals surface area contributed by atoms with Crippen molar-refractivity contribution in [3.63, 3.8) is 0 Å². The third-order valence-corrected chi connectivity index (χ3v) is 3.53. The minimum atomic E-state index is -0.820. The molecule has 3 nitrogen and oxygen atoms in total. The largest absolute Gasteiger partial charge is 0.479 e. The number of carboxylic acid groups (broad SMARTS) is 1.